The fourth-order valence-electron chi connectivity index (χ4n) is 0.907. The molecule has 0 bridgehead atoms. The molecule has 0 saturated heterocycles. The molecule has 1 rings (SSSR count). The second-order valence-corrected chi connectivity index (χ2v) is 3.23. The summed E-state index contributed by atoms with van der Waals surface area (Å²) in [6.45, 7) is 0.0544. The molecule has 0 heterocycles. The highest BCUT2D eigenvalue weighted by molar-refractivity contribution is 6.43. The van der Waals surface area contributed by atoms with E-state index in [0.717, 1.165) is 0 Å². The van der Waals surface area contributed by atoms with Gasteiger partial charge in [0.1, 0.15) is 5.75 Å². The third-order valence-electron chi connectivity index (χ3n) is 1.54. The van der Waals surface area contributed by atoms with E-state index in [-0.39, 0.29) is 17.4 Å². The fraction of sp³-hybridized carbons (Fsp3) is 0.222. The molecule has 5 heteroatoms. The van der Waals surface area contributed by atoms with Crippen LogP contribution in [0.3, 0.4) is 0 Å². The molecule has 0 N–H and O–H groups in total. The van der Waals surface area contributed by atoms with Crippen LogP contribution in [0.2, 0.25) is 10.0 Å². The number of hydrogen-bond donors (Lipinski definition) is 0. The van der Waals surface area contributed by atoms with Gasteiger partial charge in [0.05, 0.1) is 15.6 Å². The Morgan fingerprint density at radius 2 is 2.14 bits per heavy atom. The second-order valence-electron chi connectivity index (χ2n) is 2.44. The number of rotatable bonds is 4. The molecule has 76 valence electrons. The lowest BCUT2D eigenvalue weighted by atomic mass is 10.2. The first-order valence-electron chi connectivity index (χ1n) is 3.75. The lowest BCUT2D eigenvalue weighted by molar-refractivity contribution is 0.0505. The van der Waals surface area contributed by atoms with E-state index in [1.807, 2.05) is 0 Å². The first-order chi connectivity index (χ1) is 6.70. The largest absolute Gasteiger partial charge is 0.467 e. The van der Waals surface area contributed by atoms with E-state index in [9.17, 15) is 4.79 Å². The van der Waals surface area contributed by atoms with Crippen LogP contribution in [0.15, 0.2) is 12.1 Å². The zero-order chi connectivity index (χ0) is 10.6. The minimum absolute atomic E-state index is 0.0544. The van der Waals surface area contributed by atoms with Gasteiger partial charge in [0.2, 0.25) is 0 Å². The summed E-state index contributed by atoms with van der Waals surface area (Å²) < 4.78 is 9.82. The third kappa shape index (κ3) is 2.38. The molecule has 0 aliphatic rings. The van der Waals surface area contributed by atoms with Crippen LogP contribution in [0.1, 0.15) is 10.4 Å². The third-order valence-corrected chi connectivity index (χ3v) is 2.36. The molecule has 0 unspecified atom stereocenters. The van der Waals surface area contributed by atoms with Crippen molar-refractivity contribution < 1.29 is 14.3 Å². The molecule has 0 amide bonds. The van der Waals surface area contributed by atoms with Crippen molar-refractivity contribution in [2.45, 2.75) is 0 Å². The van der Waals surface area contributed by atoms with E-state index < -0.39 is 0 Å². The maximum absolute atomic E-state index is 10.7. The molecule has 0 spiro atoms. The van der Waals surface area contributed by atoms with Crippen molar-refractivity contribution in [1.29, 1.82) is 0 Å². The first-order valence-corrected chi connectivity index (χ1v) is 4.51. The van der Waals surface area contributed by atoms with E-state index in [4.69, 9.17) is 32.7 Å². The molecule has 0 aliphatic carbocycles. The number of carbonyl (C=O) groups is 1. The van der Waals surface area contributed by atoms with Gasteiger partial charge in [-0.1, -0.05) is 23.2 Å². The Morgan fingerprint density at radius 3 is 2.71 bits per heavy atom. The molecule has 3 nitrogen and oxygen atoms in total. The van der Waals surface area contributed by atoms with Crippen molar-refractivity contribution in [1.82, 2.24) is 0 Å². The van der Waals surface area contributed by atoms with Crippen molar-refractivity contribution in [3.05, 3.63) is 27.7 Å². The maximum atomic E-state index is 10.7. The van der Waals surface area contributed by atoms with Crippen molar-refractivity contribution in [2.75, 3.05) is 13.9 Å². The van der Waals surface area contributed by atoms with Gasteiger partial charge < -0.3 is 9.47 Å². The lowest BCUT2D eigenvalue weighted by Crippen LogP contribution is -2.01. The van der Waals surface area contributed by atoms with E-state index in [2.05, 4.69) is 0 Å². The van der Waals surface area contributed by atoms with Crippen molar-refractivity contribution in [2.24, 2.45) is 0 Å². The highest BCUT2D eigenvalue weighted by Crippen LogP contribution is 2.31. The summed E-state index contributed by atoms with van der Waals surface area (Å²) in [5.74, 6) is 0.358. The standard InChI is InChI=1S/C9H8Cl2O3/c1-13-5-14-8-3-2-7(10)9(11)6(8)4-12/h2-4H,5H2,1H3. The van der Waals surface area contributed by atoms with Crippen LogP contribution in [-0.2, 0) is 4.74 Å². The number of ether oxygens (including phenoxy) is 2. The molecular formula is C9H8Cl2O3. The summed E-state index contributed by atoms with van der Waals surface area (Å²) >= 11 is 11.5. The van der Waals surface area contributed by atoms with Crippen molar-refractivity contribution in [3.63, 3.8) is 0 Å². The zero-order valence-electron chi connectivity index (χ0n) is 7.42. The highest BCUT2D eigenvalue weighted by Gasteiger charge is 2.10. The van der Waals surface area contributed by atoms with Gasteiger partial charge in [-0.15, -0.1) is 0 Å². The van der Waals surface area contributed by atoms with Gasteiger partial charge in [-0.2, -0.15) is 0 Å². The zero-order valence-corrected chi connectivity index (χ0v) is 8.93. The molecule has 0 aliphatic heterocycles. The molecule has 0 radical (unpaired) electrons. The molecule has 14 heavy (non-hydrogen) atoms. The number of carbonyl (C=O) groups excluding carboxylic acids is 1. The summed E-state index contributed by atoms with van der Waals surface area (Å²) in [6, 6.07) is 3.12. The predicted molar refractivity (Wildman–Crippen MR) is 54.4 cm³/mol. The van der Waals surface area contributed by atoms with Crippen LogP contribution in [0.4, 0.5) is 0 Å². The molecule has 0 fully saturated rings. The van der Waals surface area contributed by atoms with Crippen LogP contribution >= 0.6 is 23.2 Å². The molecule has 1 aromatic carbocycles. The van der Waals surface area contributed by atoms with Gasteiger partial charge in [0.15, 0.2) is 13.1 Å². The number of methoxy groups -OCH3 is 1. The fourth-order valence-corrected chi connectivity index (χ4v) is 1.27. The Balaban J connectivity index is 3.04. The van der Waals surface area contributed by atoms with Crippen molar-refractivity contribution >= 4 is 29.5 Å². The smallest absolute Gasteiger partial charge is 0.188 e. The number of aldehydes is 1. The Labute approximate surface area is 91.5 Å². The number of halogens is 2. The molecule has 0 saturated carbocycles. The maximum Gasteiger partial charge on any atom is 0.188 e. The van der Waals surface area contributed by atoms with Gasteiger partial charge in [-0.25, -0.2) is 0 Å². The Kier molecular flexibility index (Phi) is 4.20. The highest BCUT2D eigenvalue weighted by atomic mass is 35.5. The van der Waals surface area contributed by atoms with Crippen LogP contribution in [0, 0.1) is 0 Å². The number of benzene rings is 1. The van der Waals surface area contributed by atoms with Gasteiger partial charge in [0, 0.05) is 7.11 Å². The van der Waals surface area contributed by atoms with Gasteiger partial charge >= 0.3 is 0 Å². The van der Waals surface area contributed by atoms with Gasteiger partial charge in [-0.3, -0.25) is 4.79 Å². The summed E-state index contributed by atoms with van der Waals surface area (Å²) in [6.07, 6.45) is 0.596. The monoisotopic (exact) mass is 234 g/mol. The van der Waals surface area contributed by atoms with Crippen LogP contribution in [0.25, 0.3) is 0 Å². The molecule has 1 aromatic rings. The average molecular weight is 235 g/mol. The van der Waals surface area contributed by atoms with E-state index >= 15 is 0 Å². The molecule has 0 atom stereocenters. The molecular weight excluding hydrogens is 227 g/mol. The van der Waals surface area contributed by atoms with Crippen molar-refractivity contribution in [3.8, 4) is 5.75 Å². The number of hydrogen-bond acceptors (Lipinski definition) is 3. The quantitative estimate of drug-likeness (QED) is 0.594. The molecule has 0 aromatic heterocycles. The topological polar surface area (TPSA) is 35.5 Å². The summed E-state index contributed by atoms with van der Waals surface area (Å²) in [5.41, 5.74) is 0.233. The van der Waals surface area contributed by atoms with Gasteiger partial charge in [-0.05, 0) is 12.1 Å². The van der Waals surface area contributed by atoms with E-state index in [0.29, 0.717) is 17.1 Å². The van der Waals surface area contributed by atoms with Crippen LogP contribution in [0.5, 0.6) is 5.75 Å². The Hall–Kier alpha value is -0.770. The van der Waals surface area contributed by atoms with Crippen LogP contribution in [-0.4, -0.2) is 20.2 Å². The summed E-state index contributed by atoms with van der Waals surface area (Å²) in [4.78, 5) is 10.7. The average Bonchev–Trinajstić information content (AvgIpc) is 2.20. The van der Waals surface area contributed by atoms with Gasteiger partial charge in [0.25, 0.3) is 0 Å². The Morgan fingerprint density at radius 1 is 1.43 bits per heavy atom. The second kappa shape index (κ2) is 5.20. The van der Waals surface area contributed by atoms with E-state index in [1.54, 1.807) is 12.1 Å². The predicted octanol–water partition coefficient (Wildman–Crippen LogP) is 2.79. The summed E-state index contributed by atoms with van der Waals surface area (Å²) in [7, 11) is 1.48. The SMILES string of the molecule is COCOc1ccc(Cl)c(Cl)c1C=O. The summed E-state index contributed by atoms with van der Waals surface area (Å²) in [5, 5.41) is 0.508. The minimum Gasteiger partial charge on any atom is -0.467 e. The van der Waals surface area contributed by atoms with E-state index in [1.165, 1.54) is 7.11 Å². The first kappa shape index (κ1) is 11.3. The van der Waals surface area contributed by atoms with Crippen LogP contribution < -0.4 is 4.74 Å². The Bertz CT molecular complexity index is 339. The normalized spacial score (nSPS) is 9.93. The lowest BCUT2D eigenvalue weighted by Gasteiger charge is -2.08. The minimum atomic E-state index is 0.0544.